The summed E-state index contributed by atoms with van der Waals surface area (Å²) in [4.78, 5) is 37.9. The molecule has 0 saturated heterocycles. The standard InChI is InChI=1S/C15H16N2O5/c1-7-4-5-16-12(7)14(20)13-8(2)11(15(21)22)9(17(13)3)6-10(18)19/h4-5,16H,6H2,1-3H3,(H,18,19)(H,21,22). The van der Waals surface area contributed by atoms with E-state index in [1.54, 1.807) is 19.2 Å². The van der Waals surface area contributed by atoms with Crippen LogP contribution in [0.5, 0.6) is 0 Å². The van der Waals surface area contributed by atoms with Gasteiger partial charge in [0.25, 0.3) is 0 Å². The number of aromatic nitrogens is 2. The zero-order valence-corrected chi connectivity index (χ0v) is 12.4. The molecule has 0 aliphatic carbocycles. The van der Waals surface area contributed by atoms with Crippen molar-refractivity contribution in [3.8, 4) is 0 Å². The maximum absolute atomic E-state index is 12.7. The van der Waals surface area contributed by atoms with Crippen molar-refractivity contribution < 1.29 is 24.6 Å². The van der Waals surface area contributed by atoms with Gasteiger partial charge in [0.2, 0.25) is 5.78 Å². The maximum atomic E-state index is 12.7. The number of rotatable bonds is 5. The fourth-order valence-corrected chi connectivity index (χ4v) is 2.66. The van der Waals surface area contributed by atoms with Crippen LogP contribution in [0.2, 0.25) is 0 Å². The monoisotopic (exact) mass is 304 g/mol. The molecular formula is C15H16N2O5. The molecule has 0 bridgehead atoms. The van der Waals surface area contributed by atoms with Crippen LogP contribution in [0.25, 0.3) is 0 Å². The predicted octanol–water partition coefficient (Wildman–Crippen LogP) is 1.53. The summed E-state index contributed by atoms with van der Waals surface area (Å²) in [6, 6.07) is 1.74. The molecule has 2 aromatic rings. The van der Waals surface area contributed by atoms with Crippen molar-refractivity contribution in [2.45, 2.75) is 20.3 Å². The average Bonchev–Trinajstić information content (AvgIpc) is 2.92. The number of hydrogen-bond acceptors (Lipinski definition) is 3. The Bertz CT molecular complexity index is 782. The molecular weight excluding hydrogens is 288 g/mol. The van der Waals surface area contributed by atoms with Gasteiger partial charge < -0.3 is 19.8 Å². The molecule has 7 nitrogen and oxygen atoms in total. The molecule has 2 heterocycles. The zero-order chi connectivity index (χ0) is 16.6. The second-order valence-electron chi connectivity index (χ2n) is 5.09. The molecule has 0 aliphatic heterocycles. The first-order valence-electron chi connectivity index (χ1n) is 6.57. The minimum atomic E-state index is -1.24. The van der Waals surface area contributed by atoms with Crippen LogP contribution in [0.4, 0.5) is 0 Å². The molecule has 0 aromatic carbocycles. The normalized spacial score (nSPS) is 10.7. The zero-order valence-electron chi connectivity index (χ0n) is 12.4. The number of aromatic carboxylic acids is 1. The van der Waals surface area contributed by atoms with Crippen molar-refractivity contribution in [1.82, 2.24) is 9.55 Å². The molecule has 0 atom stereocenters. The first-order valence-corrected chi connectivity index (χ1v) is 6.57. The largest absolute Gasteiger partial charge is 0.481 e. The van der Waals surface area contributed by atoms with Gasteiger partial charge in [-0.1, -0.05) is 0 Å². The molecule has 0 aliphatic rings. The van der Waals surface area contributed by atoms with Gasteiger partial charge in [-0.2, -0.15) is 0 Å². The molecule has 0 amide bonds. The van der Waals surface area contributed by atoms with Gasteiger partial charge in [-0.05, 0) is 31.0 Å². The summed E-state index contributed by atoms with van der Waals surface area (Å²) in [6.45, 7) is 3.28. The summed E-state index contributed by atoms with van der Waals surface area (Å²) in [7, 11) is 1.50. The molecule has 3 N–H and O–H groups in total. The lowest BCUT2D eigenvalue weighted by Crippen LogP contribution is -2.13. The SMILES string of the molecule is Cc1cc[nH]c1C(=O)c1c(C)c(C(=O)O)c(CC(=O)O)n1C. The van der Waals surface area contributed by atoms with Crippen LogP contribution in [-0.4, -0.2) is 37.5 Å². The van der Waals surface area contributed by atoms with Gasteiger partial charge in [0.1, 0.15) is 0 Å². The van der Waals surface area contributed by atoms with Gasteiger partial charge in [0.15, 0.2) is 0 Å². The van der Waals surface area contributed by atoms with Crippen LogP contribution >= 0.6 is 0 Å². The lowest BCUT2D eigenvalue weighted by molar-refractivity contribution is -0.136. The number of nitrogens with one attached hydrogen (secondary N) is 1. The second-order valence-corrected chi connectivity index (χ2v) is 5.09. The third-order valence-corrected chi connectivity index (χ3v) is 3.69. The predicted molar refractivity (Wildman–Crippen MR) is 77.4 cm³/mol. The minimum Gasteiger partial charge on any atom is -0.481 e. The number of ketones is 1. The van der Waals surface area contributed by atoms with Crippen LogP contribution in [0.3, 0.4) is 0 Å². The van der Waals surface area contributed by atoms with Crippen molar-refractivity contribution >= 4 is 17.7 Å². The Labute approximate surface area is 126 Å². The summed E-state index contributed by atoms with van der Waals surface area (Å²) in [5, 5.41) is 18.3. The van der Waals surface area contributed by atoms with Crippen molar-refractivity contribution in [3.05, 3.63) is 46.0 Å². The van der Waals surface area contributed by atoms with Gasteiger partial charge in [0, 0.05) is 18.9 Å². The van der Waals surface area contributed by atoms with E-state index in [0.717, 1.165) is 5.56 Å². The lowest BCUT2D eigenvalue weighted by Gasteiger charge is -2.06. The number of hydrogen-bond donors (Lipinski definition) is 3. The highest BCUT2D eigenvalue weighted by molar-refractivity contribution is 6.10. The highest BCUT2D eigenvalue weighted by Gasteiger charge is 2.29. The molecule has 0 unspecified atom stereocenters. The van der Waals surface area contributed by atoms with Gasteiger partial charge in [-0.25, -0.2) is 4.79 Å². The fraction of sp³-hybridized carbons (Fsp3) is 0.267. The Morgan fingerprint density at radius 1 is 1.23 bits per heavy atom. The van der Waals surface area contributed by atoms with Gasteiger partial charge in [-0.3, -0.25) is 9.59 Å². The Morgan fingerprint density at radius 2 is 1.86 bits per heavy atom. The second kappa shape index (κ2) is 5.51. The Kier molecular flexibility index (Phi) is 3.90. The third-order valence-electron chi connectivity index (χ3n) is 3.69. The molecule has 0 fully saturated rings. The van der Waals surface area contributed by atoms with Crippen molar-refractivity contribution in [1.29, 1.82) is 0 Å². The highest BCUT2D eigenvalue weighted by atomic mass is 16.4. The summed E-state index contributed by atoms with van der Waals surface area (Å²) in [5.74, 6) is -2.76. The molecule has 0 radical (unpaired) electrons. The van der Waals surface area contributed by atoms with E-state index in [2.05, 4.69) is 4.98 Å². The molecule has 2 aromatic heterocycles. The van der Waals surface area contributed by atoms with Crippen molar-refractivity contribution in [3.63, 3.8) is 0 Å². The fourth-order valence-electron chi connectivity index (χ4n) is 2.66. The summed E-state index contributed by atoms with van der Waals surface area (Å²) >= 11 is 0. The van der Waals surface area contributed by atoms with E-state index in [1.165, 1.54) is 18.5 Å². The van der Waals surface area contributed by atoms with Crippen molar-refractivity contribution in [2.24, 2.45) is 7.05 Å². The third kappa shape index (κ3) is 2.41. The van der Waals surface area contributed by atoms with Crippen LogP contribution in [0.1, 0.15) is 43.4 Å². The first-order chi connectivity index (χ1) is 10.3. The molecule has 22 heavy (non-hydrogen) atoms. The van der Waals surface area contributed by atoms with Gasteiger partial charge in [-0.15, -0.1) is 0 Å². The van der Waals surface area contributed by atoms with E-state index in [0.29, 0.717) is 5.69 Å². The van der Waals surface area contributed by atoms with Crippen LogP contribution in [0.15, 0.2) is 12.3 Å². The number of carboxylic acids is 2. The van der Waals surface area contributed by atoms with Crippen molar-refractivity contribution in [2.75, 3.05) is 0 Å². The topological polar surface area (TPSA) is 112 Å². The smallest absolute Gasteiger partial charge is 0.337 e. The van der Waals surface area contributed by atoms with E-state index >= 15 is 0 Å². The molecule has 0 saturated carbocycles. The number of aryl methyl sites for hydroxylation is 1. The molecule has 0 spiro atoms. The Balaban J connectivity index is 2.67. The van der Waals surface area contributed by atoms with E-state index < -0.39 is 18.4 Å². The summed E-state index contributed by atoms with van der Waals surface area (Å²) in [6.07, 6.45) is 1.16. The highest BCUT2D eigenvalue weighted by Crippen LogP contribution is 2.25. The molecule has 116 valence electrons. The van der Waals surface area contributed by atoms with Gasteiger partial charge in [0.05, 0.1) is 23.4 Å². The molecule has 2 rings (SSSR count). The average molecular weight is 304 g/mol. The number of H-pyrrole nitrogens is 1. The summed E-state index contributed by atoms with van der Waals surface area (Å²) < 4.78 is 1.36. The lowest BCUT2D eigenvalue weighted by atomic mass is 10.0. The number of aliphatic carboxylic acids is 1. The number of carbonyl (C=O) groups excluding carboxylic acids is 1. The van der Waals surface area contributed by atoms with Crippen LogP contribution in [0, 0.1) is 13.8 Å². The number of aromatic amines is 1. The van der Waals surface area contributed by atoms with Crippen LogP contribution in [-0.2, 0) is 18.3 Å². The van der Waals surface area contributed by atoms with Crippen LogP contribution < -0.4 is 0 Å². The summed E-state index contributed by atoms with van der Waals surface area (Å²) in [5.41, 5.74) is 1.52. The number of carboxylic acid groups (broad SMARTS) is 2. The van der Waals surface area contributed by atoms with Gasteiger partial charge >= 0.3 is 11.9 Å². The first kappa shape index (κ1) is 15.6. The maximum Gasteiger partial charge on any atom is 0.337 e. The van der Waals surface area contributed by atoms with E-state index in [1.807, 2.05) is 0 Å². The quantitative estimate of drug-likeness (QED) is 0.725. The van der Waals surface area contributed by atoms with E-state index in [-0.39, 0.29) is 28.3 Å². The van der Waals surface area contributed by atoms with E-state index in [4.69, 9.17) is 5.11 Å². The molecule has 7 heteroatoms. The number of carbonyl (C=O) groups is 3. The Hall–Kier alpha value is -2.83. The minimum absolute atomic E-state index is 0.102. The number of nitrogens with zero attached hydrogens (tertiary/aromatic N) is 1. The van der Waals surface area contributed by atoms with E-state index in [9.17, 15) is 19.5 Å². The Morgan fingerprint density at radius 3 is 2.32 bits per heavy atom.